The van der Waals surface area contributed by atoms with E-state index in [-0.39, 0.29) is 46.9 Å². The van der Waals surface area contributed by atoms with Crippen LogP contribution in [0.5, 0.6) is 11.5 Å². The number of halogens is 1. The van der Waals surface area contributed by atoms with Crippen molar-refractivity contribution in [1.29, 1.82) is 0 Å². The molecule has 1 amide bonds. The van der Waals surface area contributed by atoms with Gasteiger partial charge in [-0.25, -0.2) is 14.4 Å². The molecule has 2 aromatic heterocycles. The highest BCUT2D eigenvalue weighted by Crippen LogP contribution is 2.58. The molecule has 1 aromatic carbocycles. The lowest BCUT2D eigenvalue weighted by molar-refractivity contribution is -0.144. The predicted octanol–water partition coefficient (Wildman–Crippen LogP) is 7.47. The summed E-state index contributed by atoms with van der Waals surface area (Å²) >= 11 is 1.46. The molecule has 2 fully saturated rings. The van der Waals surface area contributed by atoms with Gasteiger partial charge in [-0.15, -0.1) is 11.3 Å². The van der Waals surface area contributed by atoms with E-state index >= 15 is 4.39 Å². The summed E-state index contributed by atoms with van der Waals surface area (Å²) in [5.41, 5.74) is 0.864. The highest BCUT2D eigenvalue weighted by molar-refractivity contribution is 7.13. The van der Waals surface area contributed by atoms with Crippen molar-refractivity contribution < 1.29 is 28.6 Å². The molecule has 0 radical (unpaired) electrons. The van der Waals surface area contributed by atoms with Gasteiger partial charge in [0.05, 0.1) is 24.3 Å². The van der Waals surface area contributed by atoms with Crippen LogP contribution in [0.4, 0.5) is 4.39 Å². The smallest absolute Gasteiger partial charge is 0.310 e. The van der Waals surface area contributed by atoms with Gasteiger partial charge < -0.3 is 19.5 Å². The summed E-state index contributed by atoms with van der Waals surface area (Å²) in [5, 5.41) is 13.4. The first kappa shape index (κ1) is 31.5. The van der Waals surface area contributed by atoms with Crippen molar-refractivity contribution in [2.45, 2.75) is 77.2 Å². The maximum atomic E-state index is 15.6. The molecule has 1 N–H and O–H groups in total. The zero-order valence-corrected chi connectivity index (χ0v) is 27.2. The molecule has 3 aliphatic rings. The van der Waals surface area contributed by atoms with E-state index in [2.05, 4.69) is 31.0 Å². The van der Waals surface area contributed by atoms with Gasteiger partial charge >= 0.3 is 5.97 Å². The first-order chi connectivity index (χ1) is 21.6. The number of aliphatic carboxylic acids is 1. The number of methoxy groups -OCH3 is 1. The number of pyridine rings is 1. The number of hydrogen-bond donors (Lipinski definition) is 1. The van der Waals surface area contributed by atoms with Gasteiger partial charge in [0.15, 0.2) is 11.6 Å². The normalized spacial score (nSPS) is 28.0. The molecular weight excluding hydrogens is 593 g/mol. The number of thiazole rings is 1. The minimum atomic E-state index is -0.744. The number of hydrogen-bond acceptors (Lipinski definition) is 7. The van der Waals surface area contributed by atoms with Crippen molar-refractivity contribution in [3.63, 3.8) is 0 Å². The SMILES string of the molecule is COc1ccc2c(O[C@@H]3C[C@H]4CC[C@]5(C(=O)O)C[C@H]5/C=C\CCCCN(C)C(=O)[C@@H]4C3)cc(-c3nc(C(C)C)cs3)nc2c1F. The summed E-state index contributed by atoms with van der Waals surface area (Å²) in [6, 6.07) is 5.15. The first-order valence-electron chi connectivity index (χ1n) is 16.1. The lowest BCUT2D eigenvalue weighted by Gasteiger charge is -2.26. The molecule has 3 heterocycles. The number of ether oxygens (including phenoxy) is 2. The van der Waals surface area contributed by atoms with Gasteiger partial charge in [0.25, 0.3) is 0 Å². The van der Waals surface area contributed by atoms with E-state index in [1.807, 2.05) is 23.4 Å². The van der Waals surface area contributed by atoms with E-state index in [4.69, 9.17) is 14.5 Å². The standard InChI is InChI=1S/C35H42FN3O5S/c1-20(2)27-19-45-32(38-27)26-17-29(24-10-11-28(43-4)30(36)31(24)37-26)44-23-15-21-12-13-35(34(41)42)18-22(35)9-7-5-6-8-14-39(3)33(40)25(21)16-23/h7,9-11,17,19-23,25H,5-6,8,12-16,18H2,1-4H3,(H,41,42)/b9-7-/t21-,22-,23-,25-,35+/m1/s1. The Morgan fingerprint density at radius 3 is 2.76 bits per heavy atom. The molecule has 0 spiro atoms. The molecule has 2 aliphatic carbocycles. The van der Waals surface area contributed by atoms with Crippen LogP contribution in [0.15, 0.2) is 35.7 Å². The van der Waals surface area contributed by atoms with Gasteiger partial charge in [-0.05, 0) is 81.3 Å². The van der Waals surface area contributed by atoms with E-state index in [0.29, 0.717) is 60.5 Å². The molecule has 0 saturated heterocycles. The lowest BCUT2D eigenvalue weighted by atomic mass is 9.85. The number of carbonyl (C=O) groups is 2. The van der Waals surface area contributed by atoms with Gasteiger partial charge in [-0.3, -0.25) is 9.59 Å². The van der Waals surface area contributed by atoms with Crippen LogP contribution in [0, 0.1) is 29.0 Å². The first-order valence-corrected chi connectivity index (χ1v) is 16.9. The molecule has 45 heavy (non-hydrogen) atoms. The summed E-state index contributed by atoms with van der Waals surface area (Å²) in [7, 11) is 3.29. The summed E-state index contributed by atoms with van der Waals surface area (Å²) < 4.78 is 27.5. The molecule has 8 nitrogen and oxygen atoms in total. The highest BCUT2D eigenvalue weighted by Gasteiger charge is 2.59. The number of aromatic nitrogens is 2. The van der Waals surface area contributed by atoms with Crippen LogP contribution in [-0.2, 0) is 9.59 Å². The number of allylic oxidation sites excluding steroid dienone is 2. The number of nitrogens with zero attached hydrogens (tertiary/aromatic N) is 3. The zero-order valence-electron chi connectivity index (χ0n) is 26.4. The predicted molar refractivity (Wildman–Crippen MR) is 172 cm³/mol. The molecule has 240 valence electrons. The van der Waals surface area contributed by atoms with Crippen LogP contribution in [0.25, 0.3) is 21.6 Å². The fourth-order valence-corrected chi connectivity index (χ4v) is 8.09. The van der Waals surface area contributed by atoms with E-state index in [9.17, 15) is 14.7 Å². The Morgan fingerprint density at radius 2 is 2.02 bits per heavy atom. The van der Waals surface area contributed by atoms with Crippen molar-refractivity contribution in [2.75, 3.05) is 20.7 Å². The summed E-state index contributed by atoms with van der Waals surface area (Å²) in [6.07, 6.45) is 9.64. The minimum Gasteiger partial charge on any atom is -0.494 e. The second-order valence-electron chi connectivity index (χ2n) is 13.3. The number of carboxylic acid groups (broad SMARTS) is 1. The van der Waals surface area contributed by atoms with Crippen LogP contribution in [-0.4, -0.2) is 58.7 Å². The Balaban J connectivity index is 1.32. The van der Waals surface area contributed by atoms with Crippen LogP contribution in [0.2, 0.25) is 0 Å². The molecule has 3 aromatic rings. The fourth-order valence-electron chi connectivity index (χ4n) is 7.15. The molecular formula is C35H42FN3O5S. The average molecular weight is 636 g/mol. The third kappa shape index (κ3) is 6.18. The number of amides is 1. The van der Waals surface area contributed by atoms with Gasteiger partial charge in [0.2, 0.25) is 5.91 Å². The molecule has 0 unspecified atom stereocenters. The van der Waals surface area contributed by atoms with E-state index < -0.39 is 17.2 Å². The fraction of sp³-hybridized carbons (Fsp3) is 0.543. The highest BCUT2D eigenvalue weighted by atomic mass is 32.1. The Morgan fingerprint density at radius 1 is 1.20 bits per heavy atom. The van der Waals surface area contributed by atoms with Crippen molar-refractivity contribution in [3.05, 3.63) is 47.2 Å². The van der Waals surface area contributed by atoms with Gasteiger partial charge in [-0.2, -0.15) is 0 Å². The number of carboxylic acids is 1. The van der Waals surface area contributed by atoms with E-state index in [1.54, 1.807) is 12.1 Å². The number of rotatable bonds is 6. The number of benzene rings is 1. The maximum absolute atomic E-state index is 15.6. The largest absolute Gasteiger partial charge is 0.494 e. The van der Waals surface area contributed by atoms with Crippen molar-refractivity contribution >= 4 is 34.1 Å². The van der Waals surface area contributed by atoms with Crippen molar-refractivity contribution in [3.8, 4) is 22.2 Å². The number of fused-ring (bicyclic) bond motifs is 3. The molecule has 6 rings (SSSR count). The third-order valence-corrected chi connectivity index (χ3v) is 10.9. The van der Waals surface area contributed by atoms with Crippen LogP contribution >= 0.6 is 11.3 Å². The Labute approximate surface area is 267 Å². The average Bonchev–Trinajstić information content (AvgIpc) is 3.31. The quantitative estimate of drug-likeness (QED) is 0.280. The zero-order chi connectivity index (χ0) is 31.9. The van der Waals surface area contributed by atoms with Gasteiger partial charge in [-0.1, -0.05) is 26.0 Å². The Bertz CT molecular complexity index is 1620. The Kier molecular flexibility index (Phi) is 8.87. The van der Waals surface area contributed by atoms with E-state index in [0.717, 1.165) is 25.0 Å². The van der Waals surface area contributed by atoms with Gasteiger partial charge in [0, 0.05) is 36.3 Å². The molecule has 0 bridgehead atoms. The summed E-state index contributed by atoms with van der Waals surface area (Å²) in [4.78, 5) is 37.4. The van der Waals surface area contributed by atoms with Crippen molar-refractivity contribution in [1.82, 2.24) is 14.9 Å². The Hall–Kier alpha value is -3.53. The third-order valence-electron chi connectivity index (χ3n) is 10.0. The van der Waals surface area contributed by atoms with Crippen LogP contribution < -0.4 is 9.47 Å². The summed E-state index contributed by atoms with van der Waals surface area (Å²) in [5.74, 6) is -0.606. The van der Waals surface area contributed by atoms with Crippen molar-refractivity contribution in [2.24, 2.45) is 23.2 Å². The van der Waals surface area contributed by atoms with Crippen LogP contribution in [0.1, 0.15) is 76.8 Å². The lowest BCUT2D eigenvalue weighted by Crippen LogP contribution is -2.36. The second kappa shape index (κ2) is 12.7. The second-order valence-corrected chi connectivity index (χ2v) is 14.1. The molecule has 10 heteroatoms. The van der Waals surface area contributed by atoms with E-state index in [1.165, 1.54) is 18.4 Å². The maximum Gasteiger partial charge on any atom is 0.310 e. The van der Waals surface area contributed by atoms with Crippen LogP contribution in [0.3, 0.4) is 0 Å². The summed E-state index contributed by atoms with van der Waals surface area (Å²) in [6.45, 7) is 4.84. The molecule has 2 saturated carbocycles. The number of carbonyl (C=O) groups excluding carboxylic acids is 1. The monoisotopic (exact) mass is 635 g/mol. The molecule has 5 atom stereocenters. The van der Waals surface area contributed by atoms with Gasteiger partial charge in [0.1, 0.15) is 22.0 Å². The minimum absolute atomic E-state index is 0.00805. The molecule has 1 aliphatic heterocycles. The topological polar surface area (TPSA) is 102 Å².